The molecule has 1 aromatic heterocycles. The van der Waals surface area contributed by atoms with E-state index in [1.807, 2.05) is 25.1 Å². The van der Waals surface area contributed by atoms with Gasteiger partial charge in [-0.1, -0.05) is 11.2 Å². The van der Waals surface area contributed by atoms with Crippen molar-refractivity contribution in [2.45, 2.75) is 26.5 Å². The maximum atomic E-state index is 5.83. The highest BCUT2D eigenvalue weighted by Crippen LogP contribution is 2.30. The lowest BCUT2D eigenvalue weighted by molar-refractivity contribution is 0.233. The fraction of sp³-hybridized carbons (Fsp3) is 0.385. The first-order chi connectivity index (χ1) is 9.10. The summed E-state index contributed by atoms with van der Waals surface area (Å²) >= 11 is 0. The van der Waals surface area contributed by atoms with Gasteiger partial charge in [-0.3, -0.25) is 0 Å². The van der Waals surface area contributed by atoms with Gasteiger partial charge in [-0.05, 0) is 31.5 Å². The molecule has 0 aliphatic carbocycles. The van der Waals surface area contributed by atoms with Crippen molar-refractivity contribution < 1.29 is 14.0 Å². The van der Waals surface area contributed by atoms with Gasteiger partial charge in [-0.25, -0.2) is 0 Å². The lowest BCUT2D eigenvalue weighted by atomic mass is 10.1. The first-order valence-corrected chi connectivity index (χ1v) is 5.95. The van der Waals surface area contributed by atoms with Crippen LogP contribution in [0.3, 0.4) is 0 Å². The Kier molecular flexibility index (Phi) is 4.01. The number of aromatic nitrogens is 2. The Balaban J connectivity index is 2.11. The molecule has 19 heavy (non-hydrogen) atoms. The van der Waals surface area contributed by atoms with Gasteiger partial charge in [0.15, 0.2) is 23.9 Å². The van der Waals surface area contributed by atoms with E-state index in [-0.39, 0.29) is 12.6 Å². The molecule has 0 aliphatic rings. The van der Waals surface area contributed by atoms with Crippen LogP contribution < -0.4 is 15.2 Å². The average Bonchev–Trinajstić information content (AvgIpc) is 2.81. The molecular weight excluding hydrogens is 246 g/mol. The van der Waals surface area contributed by atoms with E-state index in [4.69, 9.17) is 19.7 Å². The number of nitrogens with two attached hydrogens (primary N) is 1. The number of benzene rings is 1. The summed E-state index contributed by atoms with van der Waals surface area (Å²) in [5.74, 6) is 2.25. The van der Waals surface area contributed by atoms with Gasteiger partial charge in [0, 0.05) is 6.04 Å². The van der Waals surface area contributed by atoms with Crippen LogP contribution in [0, 0.1) is 6.92 Å². The largest absolute Gasteiger partial charge is 0.493 e. The topological polar surface area (TPSA) is 83.4 Å². The Morgan fingerprint density at radius 2 is 2.16 bits per heavy atom. The van der Waals surface area contributed by atoms with Crippen LogP contribution in [0.15, 0.2) is 22.7 Å². The van der Waals surface area contributed by atoms with Crippen molar-refractivity contribution in [3.63, 3.8) is 0 Å². The van der Waals surface area contributed by atoms with E-state index >= 15 is 0 Å². The van der Waals surface area contributed by atoms with Gasteiger partial charge in [-0.2, -0.15) is 4.98 Å². The van der Waals surface area contributed by atoms with Gasteiger partial charge in [0.25, 0.3) is 5.89 Å². The zero-order valence-electron chi connectivity index (χ0n) is 11.2. The van der Waals surface area contributed by atoms with Crippen LogP contribution in [0.25, 0.3) is 0 Å². The molecule has 1 aromatic carbocycles. The molecule has 0 fully saturated rings. The molecule has 6 heteroatoms. The first-order valence-electron chi connectivity index (χ1n) is 5.95. The van der Waals surface area contributed by atoms with Crippen molar-refractivity contribution in [2.24, 2.45) is 5.73 Å². The number of hydrogen-bond donors (Lipinski definition) is 1. The highest BCUT2D eigenvalue weighted by Gasteiger charge is 2.10. The molecule has 6 nitrogen and oxygen atoms in total. The van der Waals surface area contributed by atoms with Gasteiger partial charge in [0.05, 0.1) is 7.11 Å². The lowest BCUT2D eigenvalue weighted by Gasteiger charge is -2.12. The Hall–Kier alpha value is -2.08. The Labute approximate surface area is 111 Å². The lowest BCUT2D eigenvalue weighted by Crippen LogP contribution is -2.05. The zero-order valence-corrected chi connectivity index (χ0v) is 11.2. The van der Waals surface area contributed by atoms with Gasteiger partial charge in [0.2, 0.25) is 0 Å². The number of nitrogens with zero attached hydrogens (tertiary/aromatic N) is 2. The molecule has 102 valence electrons. The maximum absolute atomic E-state index is 5.83. The van der Waals surface area contributed by atoms with Gasteiger partial charge in [0.1, 0.15) is 0 Å². The van der Waals surface area contributed by atoms with E-state index in [2.05, 4.69) is 10.1 Å². The van der Waals surface area contributed by atoms with Crippen LogP contribution in [0.2, 0.25) is 0 Å². The van der Waals surface area contributed by atoms with Gasteiger partial charge in [-0.15, -0.1) is 0 Å². The summed E-state index contributed by atoms with van der Waals surface area (Å²) in [7, 11) is 1.59. The van der Waals surface area contributed by atoms with Crippen LogP contribution in [0.5, 0.6) is 11.5 Å². The Bertz CT molecular complexity index is 552. The fourth-order valence-electron chi connectivity index (χ4n) is 1.62. The molecule has 1 heterocycles. The van der Waals surface area contributed by atoms with Crippen LogP contribution in [0.1, 0.15) is 30.2 Å². The molecule has 0 saturated heterocycles. The van der Waals surface area contributed by atoms with Crippen molar-refractivity contribution in [2.75, 3.05) is 7.11 Å². The smallest absolute Gasteiger partial charge is 0.264 e. The minimum absolute atomic E-state index is 0.0541. The monoisotopic (exact) mass is 263 g/mol. The molecule has 0 bridgehead atoms. The average molecular weight is 263 g/mol. The first kappa shape index (κ1) is 13.4. The molecule has 0 amide bonds. The molecule has 0 unspecified atom stereocenters. The van der Waals surface area contributed by atoms with E-state index in [1.54, 1.807) is 14.0 Å². The molecule has 0 aliphatic heterocycles. The molecule has 1 atom stereocenters. The second kappa shape index (κ2) is 5.71. The molecule has 0 spiro atoms. The molecule has 2 N–H and O–H groups in total. The molecule has 2 rings (SSSR count). The highest BCUT2D eigenvalue weighted by molar-refractivity contribution is 5.43. The summed E-state index contributed by atoms with van der Waals surface area (Å²) in [5.41, 5.74) is 6.81. The number of ether oxygens (including phenoxy) is 2. The molecule has 0 saturated carbocycles. The van der Waals surface area contributed by atoms with Crippen LogP contribution >= 0.6 is 0 Å². The Morgan fingerprint density at radius 3 is 2.74 bits per heavy atom. The zero-order chi connectivity index (χ0) is 13.8. The standard InChI is InChI=1S/C13H17N3O3/c1-8(14)10-4-5-11(12(6-10)17-3)18-7-13-15-9(2)16-19-13/h4-6,8H,7,14H2,1-3H3/t8-/m0/s1. The minimum Gasteiger partial charge on any atom is -0.493 e. The highest BCUT2D eigenvalue weighted by atomic mass is 16.5. The van der Waals surface area contributed by atoms with Crippen molar-refractivity contribution >= 4 is 0 Å². The third-order valence-electron chi connectivity index (χ3n) is 2.63. The summed E-state index contributed by atoms with van der Waals surface area (Å²) in [6.07, 6.45) is 0. The quantitative estimate of drug-likeness (QED) is 0.888. The predicted octanol–water partition coefficient (Wildman–Crippen LogP) is 1.99. The molecule has 0 radical (unpaired) electrons. The van der Waals surface area contributed by atoms with Crippen molar-refractivity contribution in [3.8, 4) is 11.5 Å². The summed E-state index contributed by atoms with van der Waals surface area (Å²) < 4.78 is 15.9. The third-order valence-corrected chi connectivity index (χ3v) is 2.63. The van der Waals surface area contributed by atoms with E-state index < -0.39 is 0 Å². The number of aryl methyl sites for hydroxylation is 1. The van der Waals surface area contributed by atoms with Crippen molar-refractivity contribution in [1.29, 1.82) is 0 Å². The SMILES string of the molecule is COc1cc([C@H](C)N)ccc1OCc1nc(C)no1. The van der Waals surface area contributed by atoms with Crippen LogP contribution in [0.4, 0.5) is 0 Å². The summed E-state index contributed by atoms with van der Waals surface area (Å²) in [4.78, 5) is 4.06. The molecular formula is C13H17N3O3. The van der Waals surface area contributed by atoms with E-state index in [0.717, 1.165) is 5.56 Å². The predicted molar refractivity (Wildman–Crippen MR) is 69.0 cm³/mol. The van der Waals surface area contributed by atoms with E-state index in [1.165, 1.54) is 0 Å². The van der Waals surface area contributed by atoms with Crippen molar-refractivity contribution in [1.82, 2.24) is 10.1 Å². The second-order valence-corrected chi connectivity index (χ2v) is 4.22. The van der Waals surface area contributed by atoms with Gasteiger partial charge >= 0.3 is 0 Å². The fourth-order valence-corrected chi connectivity index (χ4v) is 1.62. The summed E-state index contributed by atoms with van der Waals surface area (Å²) in [6, 6.07) is 5.53. The van der Waals surface area contributed by atoms with Crippen molar-refractivity contribution in [3.05, 3.63) is 35.5 Å². The number of methoxy groups -OCH3 is 1. The second-order valence-electron chi connectivity index (χ2n) is 4.22. The molecule has 2 aromatic rings. The van der Waals surface area contributed by atoms with Crippen LogP contribution in [-0.4, -0.2) is 17.3 Å². The van der Waals surface area contributed by atoms with E-state index in [0.29, 0.717) is 23.2 Å². The Morgan fingerprint density at radius 1 is 1.37 bits per heavy atom. The van der Waals surface area contributed by atoms with Crippen LogP contribution in [-0.2, 0) is 6.61 Å². The summed E-state index contributed by atoms with van der Waals surface area (Å²) in [6.45, 7) is 3.87. The normalized spacial score (nSPS) is 12.2. The number of rotatable bonds is 5. The van der Waals surface area contributed by atoms with E-state index in [9.17, 15) is 0 Å². The minimum atomic E-state index is -0.0541. The summed E-state index contributed by atoms with van der Waals surface area (Å²) in [5, 5.41) is 3.69. The number of hydrogen-bond acceptors (Lipinski definition) is 6. The van der Waals surface area contributed by atoms with Gasteiger partial charge < -0.3 is 19.7 Å². The maximum Gasteiger partial charge on any atom is 0.264 e. The third kappa shape index (κ3) is 3.23.